The molecule has 1 atom stereocenters. The van der Waals surface area contributed by atoms with Crippen molar-refractivity contribution in [3.8, 4) is 0 Å². The van der Waals surface area contributed by atoms with Crippen LogP contribution in [0.4, 0.5) is 0 Å². The Bertz CT molecular complexity index is 138. The number of carbonyl (C=O) groups is 1. The van der Waals surface area contributed by atoms with Crippen LogP contribution < -0.4 is 0 Å². The lowest BCUT2D eigenvalue weighted by Crippen LogP contribution is -2.06. The van der Waals surface area contributed by atoms with Crippen molar-refractivity contribution >= 4 is 5.97 Å². The number of carbonyl (C=O) groups excluding carboxylic acids is 1. The largest absolute Gasteiger partial charge is 0.469 e. The average molecular weight is 156 g/mol. The van der Waals surface area contributed by atoms with Crippen molar-refractivity contribution in [3.05, 3.63) is 12.2 Å². The van der Waals surface area contributed by atoms with E-state index in [-0.39, 0.29) is 5.97 Å². The first-order valence-corrected chi connectivity index (χ1v) is 3.88. The maximum atomic E-state index is 10.7. The number of rotatable bonds is 4. The third-order valence-electron chi connectivity index (χ3n) is 1.52. The van der Waals surface area contributed by atoms with Crippen molar-refractivity contribution in [1.29, 1.82) is 0 Å². The molecule has 0 radical (unpaired) electrons. The van der Waals surface area contributed by atoms with Crippen LogP contribution >= 0.6 is 0 Å². The molecule has 2 heteroatoms. The summed E-state index contributed by atoms with van der Waals surface area (Å²) in [4.78, 5) is 10.7. The second-order valence-corrected chi connectivity index (χ2v) is 2.69. The van der Waals surface area contributed by atoms with Crippen LogP contribution in [-0.2, 0) is 9.53 Å². The lowest BCUT2D eigenvalue weighted by Gasteiger charge is -2.05. The van der Waals surface area contributed by atoms with Crippen molar-refractivity contribution < 1.29 is 9.53 Å². The minimum absolute atomic E-state index is 0.123. The van der Waals surface area contributed by atoms with Gasteiger partial charge in [-0.25, -0.2) is 0 Å². The van der Waals surface area contributed by atoms with Gasteiger partial charge >= 0.3 is 5.97 Å². The molecule has 0 fully saturated rings. The summed E-state index contributed by atoms with van der Waals surface area (Å²) in [6, 6.07) is 0. The van der Waals surface area contributed by atoms with Crippen molar-refractivity contribution in [2.75, 3.05) is 7.11 Å². The van der Waals surface area contributed by atoms with E-state index in [1.54, 1.807) is 0 Å². The van der Waals surface area contributed by atoms with E-state index in [1.807, 2.05) is 19.9 Å². The molecule has 0 aliphatic heterocycles. The van der Waals surface area contributed by atoms with Crippen molar-refractivity contribution in [2.45, 2.75) is 26.7 Å². The van der Waals surface area contributed by atoms with Gasteiger partial charge in [-0.05, 0) is 19.3 Å². The molecule has 0 aromatic rings. The minimum Gasteiger partial charge on any atom is -0.469 e. The molecular formula is C9H16O2. The summed E-state index contributed by atoms with van der Waals surface area (Å²) < 4.78 is 4.54. The lowest BCUT2D eigenvalue weighted by molar-refractivity contribution is -0.141. The molecule has 64 valence electrons. The van der Waals surface area contributed by atoms with Crippen molar-refractivity contribution in [1.82, 2.24) is 0 Å². The van der Waals surface area contributed by atoms with Crippen LogP contribution in [-0.4, -0.2) is 13.1 Å². The maximum Gasteiger partial charge on any atom is 0.305 e. The molecule has 0 N–H and O–H groups in total. The summed E-state index contributed by atoms with van der Waals surface area (Å²) in [7, 11) is 1.42. The molecule has 0 aliphatic carbocycles. The Balaban J connectivity index is 3.51. The number of hydrogen-bond acceptors (Lipinski definition) is 2. The van der Waals surface area contributed by atoms with Crippen molar-refractivity contribution in [3.63, 3.8) is 0 Å². The van der Waals surface area contributed by atoms with Crippen LogP contribution in [0.15, 0.2) is 12.2 Å². The summed E-state index contributed by atoms with van der Waals surface area (Å²) in [6.07, 6.45) is 5.52. The molecule has 0 aromatic carbocycles. The Kier molecular flexibility index (Phi) is 5.53. The summed E-state index contributed by atoms with van der Waals surface area (Å²) in [6.45, 7) is 4.02. The highest BCUT2D eigenvalue weighted by molar-refractivity contribution is 5.69. The predicted molar refractivity (Wildman–Crippen MR) is 45.2 cm³/mol. The first-order valence-electron chi connectivity index (χ1n) is 3.88. The summed E-state index contributed by atoms with van der Waals surface area (Å²) >= 11 is 0. The van der Waals surface area contributed by atoms with Gasteiger partial charge in [0.2, 0.25) is 0 Å². The van der Waals surface area contributed by atoms with E-state index < -0.39 is 0 Å². The highest BCUT2D eigenvalue weighted by Crippen LogP contribution is 2.08. The van der Waals surface area contributed by atoms with E-state index in [9.17, 15) is 4.79 Å². The number of esters is 1. The molecule has 0 saturated carbocycles. The van der Waals surface area contributed by atoms with Gasteiger partial charge in [-0.3, -0.25) is 4.79 Å². The highest BCUT2D eigenvalue weighted by atomic mass is 16.5. The van der Waals surface area contributed by atoms with Crippen LogP contribution in [0.3, 0.4) is 0 Å². The molecule has 11 heavy (non-hydrogen) atoms. The van der Waals surface area contributed by atoms with Crippen LogP contribution in [0, 0.1) is 5.92 Å². The number of methoxy groups -OCH3 is 1. The summed E-state index contributed by atoms with van der Waals surface area (Å²) in [5, 5.41) is 0. The van der Waals surface area contributed by atoms with Gasteiger partial charge in [-0.15, -0.1) is 0 Å². The smallest absolute Gasteiger partial charge is 0.305 e. The first-order chi connectivity index (χ1) is 5.20. The van der Waals surface area contributed by atoms with Crippen LogP contribution in [0.1, 0.15) is 26.7 Å². The van der Waals surface area contributed by atoms with Crippen LogP contribution in [0.25, 0.3) is 0 Å². The minimum atomic E-state index is -0.123. The Labute approximate surface area is 68.2 Å². The predicted octanol–water partition coefficient (Wildman–Crippen LogP) is 2.15. The third-order valence-corrected chi connectivity index (χ3v) is 1.52. The second kappa shape index (κ2) is 5.96. The molecule has 2 nitrogen and oxygen atoms in total. The zero-order chi connectivity index (χ0) is 8.69. The fraction of sp³-hybridized carbons (Fsp3) is 0.667. The zero-order valence-electron chi connectivity index (χ0n) is 7.46. The molecule has 0 aromatic heterocycles. The third kappa shape index (κ3) is 5.64. The zero-order valence-corrected chi connectivity index (χ0v) is 7.46. The molecule has 0 spiro atoms. The van der Waals surface area contributed by atoms with Crippen LogP contribution in [0.2, 0.25) is 0 Å². The van der Waals surface area contributed by atoms with Crippen LogP contribution in [0.5, 0.6) is 0 Å². The molecule has 0 aliphatic rings. The molecule has 0 amide bonds. The van der Waals surface area contributed by atoms with Gasteiger partial charge in [-0.2, -0.15) is 0 Å². The Morgan fingerprint density at radius 2 is 2.27 bits per heavy atom. The number of allylic oxidation sites excluding steroid dienone is 2. The summed E-state index contributed by atoms with van der Waals surface area (Å²) in [5.74, 6) is 0.264. The second-order valence-electron chi connectivity index (χ2n) is 2.69. The summed E-state index contributed by atoms with van der Waals surface area (Å²) in [5.41, 5.74) is 0. The van der Waals surface area contributed by atoms with E-state index in [2.05, 4.69) is 10.8 Å². The molecule has 0 bridgehead atoms. The Morgan fingerprint density at radius 3 is 2.73 bits per heavy atom. The van der Waals surface area contributed by atoms with Gasteiger partial charge in [0.05, 0.1) is 7.11 Å². The normalized spacial score (nSPS) is 13.4. The number of hydrogen-bond donors (Lipinski definition) is 0. The molecular weight excluding hydrogens is 140 g/mol. The quantitative estimate of drug-likeness (QED) is 0.460. The van der Waals surface area contributed by atoms with E-state index in [1.165, 1.54) is 7.11 Å². The van der Waals surface area contributed by atoms with E-state index in [4.69, 9.17) is 0 Å². The number of ether oxygens (including phenoxy) is 1. The lowest BCUT2D eigenvalue weighted by atomic mass is 10.0. The Hall–Kier alpha value is -0.790. The average Bonchev–Trinajstić information content (AvgIpc) is 2.00. The van der Waals surface area contributed by atoms with Gasteiger partial charge in [0.15, 0.2) is 0 Å². The first kappa shape index (κ1) is 10.2. The fourth-order valence-corrected chi connectivity index (χ4v) is 0.820. The molecule has 0 saturated heterocycles. The molecule has 0 rings (SSSR count). The van der Waals surface area contributed by atoms with Gasteiger partial charge < -0.3 is 4.74 Å². The molecule has 0 heterocycles. The topological polar surface area (TPSA) is 26.3 Å². The van der Waals surface area contributed by atoms with Gasteiger partial charge in [0, 0.05) is 6.42 Å². The monoisotopic (exact) mass is 156 g/mol. The van der Waals surface area contributed by atoms with Gasteiger partial charge in [0.1, 0.15) is 0 Å². The Morgan fingerprint density at radius 1 is 1.64 bits per heavy atom. The van der Waals surface area contributed by atoms with E-state index in [0.717, 1.165) is 6.42 Å². The maximum absolute atomic E-state index is 10.7. The highest BCUT2D eigenvalue weighted by Gasteiger charge is 2.06. The van der Waals surface area contributed by atoms with E-state index in [0.29, 0.717) is 12.3 Å². The van der Waals surface area contributed by atoms with Crippen molar-refractivity contribution in [2.24, 2.45) is 5.92 Å². The van der Waals surface area contributed by atoms with Gasteiger partial charge in [-0.1, -0.05) is 19.1 Å². The van der Waals surface area contributed by atoms with E-state index >= 15 is 0 Å². The van der Waals surface area contributed by atoms with Gasteiger partial charge in [0.25, 0.3) is 0 Å². The fourth-order valence-electron chi connectivity index (χ4n) is 0.820. The standard InChI is InChI=1S/C9H16O2/c1-4-5-6-8(2)7-9(10)11-3/h4-5,8H,6-7H2,1-3H3. The molecule has 1 unspecified atom stereocenters. The SMILES string of the molecule is CC=CCC(C)CC(=O)OC.